The lowest BCUT2D eigenvalue weighted by molar-refractivity contribution is -0.0792. The van der Waals surface area contributed by atoms with Gasteiger partial charge in [0, 0.05) is 17.5 Å². The number of halogens is 1. The van der Waals surface area contributed by atoms with E-state index in [1.165, 1.54) is 10.4 Å². The summed E-state index contributed by atoms with van der Waals surface area (Å²) in [6.45, 7) is 4.95. The summed E-state index contributed by atoms with van der Waals surface area (Å²) in [6.07, 6.45) is 6.25. The highest BCUT2D eigenvalue weighted by Crippen LogP contribution is 2.43. The Bertz CT molecular complexity index is 772. The van der Waals surface area contributed by atoms with Crippen molar-refractivity contribution in [2.24, 2.45) is 0 Å². The van der Waals surface area contributed by atoms with E-state index in [9.17, 15) is 4.79 Å². The van der Waals surface area contributed by atoms with E-state index in [1.807, 2.05) is 13.0 Å². The zero-order chi connectivity index (χ0) is 17.3. The van der Waals surface area contributed by atoms with Crippen molar-refractivity contribution in [2.75, 3.05) is 19.7 Å². The van der Waals surface area contributed by atoms with Crippen LogP contribution in [0.5, 0.6) is 0 Å². The summed E-state index contributed by atoms with van der Waals surface area (Å²) in [5.74, 6) is -0.0501. The topological polar surface area (TPSA) is 76.1 Å². The monoisotopic (exact) mass is 394 g/mol. The first kappa shape index (κ1) is 19.2. The molecule has 0 aliphatic carbocycles. The zero-order valence-corrected chi connectivity index (χ0v) is 16.3. The smallest absolute Gasteiger partial charge is 0.261 e. The normalized spacial score (nSPS) is 18.0. The van der Waals surface area contributed by atoms with Crippen LogP contribution in [0.2, 0.25) is 0 Å². The molecule has 1 amide bonds. The molecule has 4 heterocycles. The quantitative estimate of drug-likeness (QED) is 0.835. The Balaban J connectivity index is 0.00000196. The Kier molecular flexibility index (Phi) is 5.92. The molecule has 4 rings (SSSR count). The standard InChI is InChI=1S/C18H22N4O2S.ClH/c1-12-9-21-13(10-20-12)11-22-17(23)16-8-14-15(25-16)2-7-24-18(14)3-5-19-6-4-18;/h8-10,19H,2-7,11H2,1H3,(H,22,23);1H. The van der Waals surface area contributed by atoms with Crippen LogP contribution in [-0.4, -0.2) is 35.6 Å². The Labute approximate surface area is 163 Å². The third kappa shape index (κ3) is 3.76. The number of fused-ring (bicyclic) bond motifs is 2. The first-order chi connectivity index (χ1) is 12.2. The Morgan fingerprint density at radius 1 is 1.35 bits per heavy atom. The maximum atomic E-state index is 12.6. The maximum Gasteiger partial charge on any atom is 0.261 e. The van der Waals surface area contributed by atoms with E-state index < -0.39 is 0 Å². The lowest BCUT2D eigenvalue weighted by Crippen LogP contribution is -2.44. The molecule has 1 spiro atoms. The number of aromatic nitrogens is 2. The van der Waals surface area contributed by atoms with Crippen LogP contribution in [-0.2, 0) is 23.3 Å². The van der Waals surface area contributed by atoms with Crippen LogP contribution < -0.4 is 10.6 Å². The molecule has 1 saturated heterocycles. The Morgan fingerprint density at radius 3 is 2.88 bits per heavy atom. The third-order valence-corrected chi connectivity index (χ3v) is 6.10. The molecule has 0 saturated carbocycles. The van der Waals surface area contributed by atoms with Crippen LogP contribution in [0.4, 0.5) is 0 Å². The van der Waals surface area contributed by atoms with Gasteiger partial charge < -0.3 is 15.4 Å². The van der Waals surface area contributed by atoms with Gasteiger partial charge in [0.1, 0.15) is 0 Å². The number of carbonyl (C=O) groups excluding carboxylic acids is 1. The number of rotatable bonds is 3. The molecule has 140 valence electrons. The van der Waals surface area contributed by atoms with Crippen molar-refractivity contribution in [1.29, 1.82) is 0 Å². The van der Waals surface area contributed by atoms with Crippen molar-refractivity contribution < 1.29 is 9.53 Å². The molecule has 1 fully saturated rings. The van der Waals surface area contributed by atoms with Gasteiger partial charge in [0.2, 0.25) is 0 Å². The second-order valence-electron chi connectivity index (χ2n) is 6.62. The van der Waals surface area contributed by atoms with Gasteiger partial charge >= 0.3 is 0 Å². The third-order valence-electron chi connectivity index (χ3n) is 4.91. The van der Waals surface area contributed by atoms with E-state index in [0.717, 1.165) is 55.2 Å². The fourth-order valence-corrected chi connectivity index (χ4v) is 4.69. The van der Waals surface area contributed by atoms with Crippen molar-refractivity contribution >= 4 is 29.7 Å². The highest BCUT2D eigenvalue weighted by atomic mass is 35.5. The van der Waals surface area contributed by atoms with Crippen LogP contribution in [0.15, 0.2) is 18.5 Å². The number of nitrogens with zero attached hydrogens (tertiary/aromatic N) is 2. The molecular weight excluding hydrogens is 372 g/mol. The summed E-state index contributed by atoms with van der Waals surface area (Å²) in [6, 6.07) is 2.04. The van der Waals surface area contributed by atoms with E-state index in [0.29, 0.717) is 6.54 Å². The molecule has 2 aliphatic rings. The van der Waals surface area contributed by atoms with Gasteiger partial charge in [0.15, 0.2) is 0 Å². The zero-order valence-electron chi connectivity index (χ0n) is 14.7. The molecule has 0 atom stereocenters. The van der Waals surface area contributed by atoms with Crippen molar-refractivity contribution in [3.63, 3.8) is 0 Å². The van der Waals surface area contributed by atoms with E-state index in [1.54, 1.807) is 23.7 Å². The number of carbonyl (C=O) groups is 1. The maximum absolute atomic E-state index is 12.6. The predicted octanol–water partition coefficient (Wildman–Crippen LogP) is 2.35. The molecule has 0 bridgehead atoms. The number of piperidine rings is 1. The minimum absolute atomic E-state index is 0. The lowest BCUT2D eigenvalue weighted by atomic mass is 9.83. The van der Waals surface area contributed by atoms with Crippen LogP contribution in [0.1, 0.15) is 44.3 Å². The van der Waals surface area contributed by atoms with Crippen LogP contribution >= 0.6 is 23.7 Å². The van der Waals surface area contributed by atoms with Gasteiger partial charge in [-0.3, -0.25) is 14.8 Å². The van der Waals surface area contributed by atoms with Crippen molar-refractivity contribution in [1.82, 2.24) is 20.6 Å². The van der Waals surface area contributed by atoms with Gasteiger partial charge in [-0.15, -0.1) is 23.7 Å². The molecule has 2 N–H and O–H groups in total. The number of hydrogen-bond acceptors (Lipinski definition) is 6. The summed E-state index contributed by atoms with van der Waals surface area (Å²) >= 11 is 1.60. The highest BCUT2D eigenvalue weighted by molar-refractivity contribution is 7.14. The fraction of sp³-hybridized carbons (Fsp3) is 0.500. The molecule has 2 aromatic heterocycles. The van der Waals surface area contributed by atoms with E-state index in [-0.39, 0.29) is 23.9 Å². The predicted molar refractivity (Wildman–Crippen MR) is 103 cm³/mol. The summed E-state index contributed by atoms with van der Waals surface area (Å²) < 4.78 is 6.18. The summed E-state index contributed by atoms with van der Waals surface area (Å²) in [5, 5.41) is 6.34. The molecule has 2 aliphatic heterocycles. The van der Waals surface area contributed by atoms with Crippen LogP contribution in [0.25, 0.3) is 0 Å². The number of thiophene rings is 1. The van der Waals surface area contributed by atoms with E-state index in [2.05, 4.69) is 20.6 Å². The van der Waals surface area contributed by atoms with Gasteiger partial charge in [0.25, 0.3) is 5.91 Å². The Morgan fingerprint density at radius 2 is 2.15 bits per heavy atom. The molecular formula is C18H23ClN4O2S. The number of nitrogens with one attached hydrogen (secondary N) is 2. The fourth-order valence-electron chi connectivity index (χ4n) is 3.54. The highest BCUT2D eigenvalue weighted by Gasteiger charge is 2.40. The van der Waals surface area contributed by atoms with E-state index in [4.69, 9.17) is 4.74 Å². The van der Waals surface area contributed by atoms with E-state index >= 15 is 0 Å². The van der Waals surface area contributed by atoms with Gasteiger partial charge in [0.05, 0.1) is 41.2 Å². The SMILES string of the molecule is Cc1cnc(CNC(=O)c2cc3c(s2)CCOC32CCNCC2)cn1.Cl. The number of aryl methyl sites for hydroxylation is 1. The average Bonchev–Trinajstić information content (AvgIpc) is 3.08. The molecule has 8 heteroatoms. The summed E-state index contributed by atoms with van der Waals surface area (Å²) in [4.78, 5) is 23.1. The van der Waals surface area contributed by atoms with Crippen LogP contribution in [0, 0.1) is 6.92 Å². The lowest BCUT2D eigenvalue weighted by Gasteiger charge is -2.40. The summed E-state index contributed by atoms with van der Waals surface area (Å²) in [5.41, 5.74) is 2.66. The summed E-state index contributed by atoms with van der Waals surface area (Å²) in [7, 11) is 0. The molecule has 0 unspecified atom stereocenters. The molecule has 0 aromatic carbocycles. The van der Waals surface area contributed by atoms with Gasteiger partial charge in [-0.25, -0.2) is 0 Å². The first-order valence-corrected chi connectivity index (χ1v) is 9.51. The van der Waals surface area contributed by atoms with Crippen molar-refractivity contribution in [3.8, 4) is 0 Å². The number of ether oxygens (including phenoxy) is 1. The van der Waals surface area contributed by atoms with Crippen molar-refractivity contribution in [2.45, 2.75) is 38.3 Å². The number of hydrogen-bond donors (Lipinski definition) is 2. The van der Waals surface area contributed by atoms with Crippen molar-refractivity contribution in [3.05, 3.63) is 45.2 Å². The van der Waals surface area contributed by atoms with Gasteiger partial charge in [-0.2, -0.15) is 0 Å². The van der Waals surface area contributed by atoms with Crippen LogP contribution in [0.3, 0.4) is 0 Å². The van der Waals surface area contributed by atoms with Gasteiger partial charge in [-0.1, -0.05) is 0 Å². The molecule has 26 heavy (non-hydrogen) atoms. The minimum Gasteiger partial charge on any atom is -0.370 e. The number of amides is 1. The molecule has 0 radical (unpaired) electrons. The second kappa shape index (κ2) is 8.00. The Hall–Kier alpha value is -1.54. The first-order valence-electron chi connectivity index (χ1n) is 8.70. The molecule has 6 nitrogen and oxygen atoms in total. The minimum atomic E-state index is -0.198. The average molecular weight is 395 g/mol. The van der Waals surface area contributed by atoms with Gasteiger partial charge in [-0.05, 0) is 44.5 Å². The molecule has 2 aromatic rings. The second-order valence-corrected chi connectivity index (χ2v) is 7.76. The largest absolute Gasteiger partial charge is 0.370 e.